The molecule has 5 heteroatoms. The first-order chi connectivity index (χ1) is 13.0. The van der Waals surface area contributed by atoms with E-state index in [4.69, 9.17) is 0 Å². The summed E-state index contributed by atoms with van der Waals surface area (Å²) in [4.78, 5) is 24.9. The molecule has 136 valence electrons. The van der Waals surface area contributed by atoms with Gasteiger partial charge >= 0.3 is 0 Å². The third-order valence-corrected chi connectivity index (χ3v) is 4.13. The third kappa shape index (κ3) is 4.58. The fraction of sp³-hybridized carbons (Fsp3) is 0.0909. The maximum Gasteiger partial charge on any atom is 0.255 e. The Morgan fingerprint density at radius 3 is 2.33 bits per heavy atom. The lowest BCUT2D eigenvalue weighted by molar-refractivity contribution is 0.0952. The maximum absolute atomic E-state index is 13.3. The largest absolute Gasteiger partial charge is 0.348 e. The van der Waals surface area contributed by atoms with Crippen LogP contribution >= 0.6 is 0 Å². The second kappa shape index (κ2) is 8.27. The zero-order valence-corrected chi connectivity index (χ0v) is 14.8. The van der Waals surface area contributed by atoms with E-state index in [1.165, 1.54) is 6.07 Å². The van der Waals surface area contributed by atoms with Gasteiger partial charge in [-0.3, -0.25) is 9.59 Å². The highest BCUT2D eigenvalue weighted by molar-refractivity contribution is 6.08. The molecule has 0 fully saturated rings. The van der Waals surface area contributed by atoms with Crippen molar-refractivity contribution in [3.8, 4) is 0 Å². The van der Waals surface area contributed by atoms with Crippen molar-refractivity contribution in [3.05, 3.63) is 101 Å². The number of hydrogen-bond acceptors (Lipinski definition) is 2. The summed E-state index contributed by atoms with van der Waals surface area (Å²) in [7, 11) is 0. The van der Waals surface area contributed by atoms with Gasteiger partial charge in [-0.25, -0.2) is 4.39 Å². The Morgan fingerprint density at radius 1 is 0.889 bits per heavy atom. The van der Waals surface area contributed by atoms with E-state index in [-0.39, 0.29) is 24.2 Å². The lowest BCUT2D eigenvalue weighted by Crippen LogP contribution is -2.25. The summed E-state index contributed by atoms with van der Waals surface area (Å²) in [5.74, 6) is -0.884. The number of rotatable bonds is 5. The molecule has 3 rings (SSSR count). The van der Waals surface area contributed by atoms with Crippen LogP contribution in [0.4, 0.5) is 10.1 Å². The van der Waals surface area contributed by atoms with Crippen LogP contribution in [0.2, 0.25) is 0 Å². The fourth-order valence-electron chi connectivity index (χ4n) is 2.67. The first-order valence-electron chi connectivity index (χ1n) is 8.53. The molecule has 4 nitrogen and oxygen atoms in total. The first kappa shape index (κ1) is 18.3. The molecule has 0 aliphatic carbocycles. The zero-order chi connectivity index (χ0) is 19.2. The van der Waals surface area contributed by atoms with E-state index in [2.05, 4.69) is 10.6 Å². The van der Waals surface area contributed by atoms with Crippen molar-refractivity contribution in [1.29, 1.82) is 0 Å². The molecular weight excluding hydrogens is 343 g/mol. The summed E-state index contributed by atoms with van der Waals surface area (Å²) in [6.07, 6.45) is 0. The first-order valence-corrected chi connectivity index (χ1v) is 8.53. The lowest BCUT2D eigenvalue weighted by Gasteiger charge is -2.12. The molecule has 0 aliphatic rings. The Morgan fingerprint density at radius 2 is 1.59 bits per heavy atom. The quantitative estimate of drug-likeness (QED) is 0.710. The molecule has 0 bridgehead atoms. The van der Waals surface area contributed by atoms with Gasteiger partial charge in [-0.05, 0) is 48.4 Å². The molecule has 0 saturated heterocycles. The average Bonchev–Trinajstić information content (AvgIpc) is 2.69. The van der Waals surface area contributed by atoms with E-state index in [9.17, 15) is 14.0 Å². The van der Waals surface area contributed by atoms with Gasteiger partial charge in [0.15, 0.2) is 0 Å². The topological polar surface area (TPSA) is 58.2 Å². The van der Waals surface area contributed by atoms with Crippen LogP contribution in [-0.2, 0) is 6.54 Å². The summed E-state index contributed by atoms with van der Waals surface area (Å²) in [5.41, 5.74) is 2.62. The van der Waals surface area contributed by atoms with Gasteiger partial charge < -0.3 is 10.6 Å². The van der Waals surface area contributed by atoms with Gasteiger partial charge in [0.25, 0.3) is 11.8 Å². The van der Waals surface area contributed by atoms with E-state index >= 15 is 0 Å². The number of amides is 2. The number of anilines is 1. The molecule has 3 aromatic carbocycles. The summed E-state index contributed by atoms with van der Waals surface area (Å²) in [6.45, 7) is 1.94. The molecule has 3 aromatic rings. The number of benzene rings is 3. The SMILES string of the molecule is Cc1cc(CNC(=O)c2ccccc2NC(=O)c2ccccc2)ccc1F. The van der Waals surface area contributed by atoms with Gasteiger partial charge in [0, 0.05) is 12.1 Å². The van der Waals surface area contributed by atoms with Crippen molar-refractivity contribution in [3.63, 3.8) is 0 Å². The number of para-hydroxylation sites is 1. The minimum atomic E-state index is -0.319. The van der Waals surface area contributed by atoms with Crippen LogP contribution in [-0.4, -0.2) is 11.8 Å². The Balaban J connectivity index is 1.71. The second-order valence-corrected chi connectivity index (χ2v) is 6.13. The molecule has 0 spiro atoms. The minimum Gasteiger partial charge on any atom is -0.348 e. The Hall–Kier alpha value is -3.47. The molecule has 0 aliphatic heterocycles. The maximum atomic E-state index is 13.3. The number of halogens is 1. The van der Waals surface area contributed by atoms with Gasteiger partial charge in [-0.1, -0.05) is 42.5 Å². The standard InChI is InChI=1S/C22H19FN2O2/c1-15-13-16(11-12-19(15)23)14-24-22(27)18-9-5-6-10-20(18)25-21(26)17-7-3-2-4-8-17/h2-13H,14H2,1H3,(H,24,27)(H,25,26). The predicted octanol–water partition coefficient (Wildman–Crippen LogP) is 4.32. The van der Waals surface area contributed by atoms with Gasteiger partial charge in [-0.2, -0.15) is 0 Å². The van der Waals surface area contributed by atoms with E-state index in [0.717, 1.165) is 5.56 Å². The number of aryl methyl sites for hydroxylation is 1. The van der Waals surface area contributed by atoms with Crippen molar-refractivity contribution in [1.82, 2.24) is 5.32 Å². The smallest absolute Gasteiger partial charge is 0.255 e. The predicted molar refractivity (Wildman–Crippen MR) is 103 cm³/mol. The molecule has 0 aromatic heterocycles. The Bertz CT molecular complexity index is 971. The van der Waals surface area contributed by atoms with Crippen LogP contribution in [0.25, 0.3) is 0 Å². The molecule has 0 radical (unpaired) electrons. The normalized spacial score (nSPS) is 10.3. The Kier molecular flexibility index (Phi) is 5.61. The lowest BCUT2D eigenvalue weighted by atomic mass is 10.1. The monoisotopic (exact) mass is 362 g/mol. The molecule has 0 heterocycles. The molecule has 0 saturated carbocycles. The molecule has 2 amide bonds. The highest BCUT2D eigenvalue weighted by Crippen LogP contribution is 2.17. The zero-order valence-electron chi connectivity index (χ0n) is 14.8. The van der Waals surface area contributed by atoms with E-state index in [1.807, 2.05) is 6.07 Å². The molecule has 2 N–H and O–H groups in total. The van der Waals surface area contributed by atoms with Crippen molar-refractivity contribution in [2.75, 3.05) is 5.32 Å². The molecular formula is C22H19FN2O2. The van der Waals surface area contributed by atoms with E-state index < -0.39 is 0 Å². The minimum absolute atomic E-state index is 0.265. The highest BCUT2D eigenvalue weighted by atomic mass is 19.1. The van der Waals surface area contributed by atoms with Crippen molar-refractivity contribution in [2.45, 2.75) is 13.5 Å². The van der Waals surface area contributed by atoms with E-state index in [1.54, 1.807) is 67.6 Å². The third-order valence-electron chi connectivity index (χ3n) is 4.13. The fourth-order valence-corrected chi connectivity index (χ4v) is 2.67. The van der Waals surface area contributed by atoms with Crippen LogP contribution in [0.1, 0.15) is 31.8 Å². The number of nitrogens with one attached hydrogen (secondary N) is 2. The highest BCUT2D eigenvalue weighted by Gasteiger charge is 2.14. The number of hydrogen-bond donors (Lipinski definition) is 2. The van der Waals surface area contributed by atoms with Crippen LogP contribution in [0.15, 0.2) is 72.8 Å². The molecule has 0 atom stereocenters. The number of carbonyl (C=O) groups is 2. The van der Waals surface area contributed by atoms with Crippen LogP contribution in [0, 0.1) is 12.7 Å². The molecule has 27 heavy (non-hydrogen) atoms. The molecule has 0 unspecified atom stereocenters. The van der Waals surface area contributed by atoms with Crippen LogP contribution in [0.3, 0.4) is 0 Å². The van der Waals surface area contributed by atoms with Crippen molar-refractivity contribution in [2.24, 2.45) is 0 Å². The summed E-state index contributed by atoms with van der Waals surface area (Å²) in [5, 5.41) is 5.58. The van der Waals surface area contributed by atoms with Gasteiger partial charge in [0.05, 0.1) is 11.3 Å². The van der Waals surface area contributed by atoms with Crippen molar-refractivity contribution < 1.29 is 14.0 Å². The van der Waals surface area contributed by atoms with Crippen LogP contribution < -0.4 is 10.6 Å². The van der Waals surface area contributed by atoms with Crippen molar-refractivity contribution >= 4 is 17.5 Å². The van der Waals surface area contributed by atoms with Gasteiger partial charge in [0.1, 0.15) is 5.82 Å². The summed E-state index contributed by atoms with van der Waals surface area (Å²) < 4.78 is 13.3. The van der Waals surface area contributed by atoms with E-state index in [0.29, 0.717) is 22.4 Å². The summed E-state index contributed by atoms with van der Waals surface area (Å²) >= 11 is 0. The Labute approximate surface area is 157 Å². The summed E-state index contributed by atoms with van der Waals surface area (Å²) in [6, 6.07) is 20.3. The van der Waals surface area contributed by atoms with Gasteiger partial charge in [-0.15, -0.1) is 0 Å². The van der Waals surface area contributed by atoms with Crippen LogP contribution in [0.5, 0.6) is 0 Å². The second-order valence-electron chi connectivity index (χ2n) is 6.13. The van der Waals surface area contributed by atoms with Gasteiger partial charge in [0.2, 0.25) is 0 Å². The number of carbonyl (C=O) groups excluding carboxylic acids is 2. The average molecular weight is 362 g/mol.